The highest BCUT2D eigenvalue weighted by Gasteiger charge is 2.36. The lowest BCUT2D eigenvalue weighted by Gasteiger charge is -2.41. The average molecular weight is 365 g/mol. The molecule has 6 heteroatoms. The van der Waals surface area contributed by atoms with Crippen molar-refractivity contribution in [3.8, 4) is 0 Å². The van der Waals surface area contributed by atoms with E-state index in [1.807, 2.05) is 4.90 Å². The first-order chi connectivity index (χ1) is 9.86. The first-order valence-corrected chi connectivity index (χ1v) is 8.24. The number of alkyl halides is 4. The largest absolute Gasteiger partial charge is 0.418 e. The van der Waals surface area contributed by atoms with Crippen molar-refractivity contribution in [2.75, 3.05) is 31.1 Å². The molecular weight excluding hydrogens is 345 g/mol. The summed E-state index contributed by atoms with van der Waals surface area (Å²) in [4.78, 5) is 4.15. The Balaban J connectivity index is 2.31. The van der Waals surface area contributed by atoms with Gasteiger partial charge in [-0.2, -0.15) is 13.2 Å². The van der Waals surface area contributed by atoms with Gasteiger partial charge in [-0.1, -0.05) is 28.9 Å². The predicted molar refractivity (Wildman–Crippen MR) is 83.0 cm³/mol. The molecule has 1 atom stereocenters. The predicted octanol–water partition coefficient (Wildman–Crippen LogP) is 4.13. The lowest BCUT2D eigenvalue weighted by atomic mass is 10.1. The fourth-order valence-corrected chi connectivity index (χ4v) is 3.20. The lowest BCUT2D eigenvalue weighted by molar-refractivity contribution is -0.137. The zero-order valence-corrected chi connectivity index (χ0v) is 13.8. The normalized spacial score (nSPS) is 20.9. The van der Waals surface area contributed by atoms with Crippen LogP contribution in [0.25, 0.3) is 0 Å². The van der Waals surface area contributed by atoms with Gasteiger partial charge in [0.1, 0.15) is 0 Å². The van der Waals surface area contributed by atoms with Crippen LogP contribution in [0.4, 0.5) is 18.9 Å². The van der Waals surface area contributed by atoms with Gasteiger partial charge < -0.3 is 4.90 Å². The summed E-state index contributed by atoms with van der Waals surface area (Å²) >= 11 is 3.22. The second-order valence-electron chi connectivity index (χ2n) is 5.41. The van der Waals surface area contributed by atoms with Crippen molar-refractivity contribution in [3.05, 3.63) is 29.3 Å². The molecule has 1 aliphatic heterocycles. The highest BCUT2D eigenvalue weighted by molar-refractivity contribution is 9.08. The summed E-state index contributed by atoms with van der Waals surface area (Å²) in [6.07, 6.45) is -4.32. The monoisotopic (exact) mass is 364 g/mol. The molecule has 1 aliphatic rings. The molecule has 0 radical (unpaired) electrons. The molecule has 21 heavy (non-hydrogen) atoms. The van der Waals surface area contributed by atoms with Crippen LogP contribution >= 0.6 is 15.9 Å². The van der Waals surface area contributed by atoms with Gasteiger partial charge in [-0.05, 0) is 31.2 Å². The molecule has 0 bridgehead atoms. The van der Waals surface area contributed by atoms with Crippen LogP contribution in [0, 0.1) is 0 Å². The van der Waals surface area contributed by atoms with Gasteiger partial charge in [-0.25, -0.2) is 0 Å². The Labute approximate surface area is 132 Å². The third kappa shape index (κ3) is 3.72. The second-order valence-corrected chi connectivity index (χ2v) is 5.97. The number of hydrogen-bond donors (Lipinski definition) is 0. The van der Waals surface area contributed by atoms with Crippen LogP contribution in [0.15, 0.2) is 18.2 Å². The third-order valence-corrected chi connectivity index (χ3v) is 4.68. The van der Waals surface area contributed by atoms with Gasteiger partial charge in [0.05, 0.1) is 5.56 Å². The molecule has 0 N–H and O–H groups in total. The van der Waals surface area contributed by atoms with E-state index in [9.17, 15) is 13.2 Å². The molecule has 1 fully saturated rings. The minimum absolute atomic E-state index is 0.265. The number of rotatable bonds is 3. The Morgan fingerprint density at radius 1 is 1.29 bits per heavy atom. The summed E-state index contributed by atoms with van der Waals surface area (Å²) in [5.74, 6) is 0. The van der Waals surface area contributed by atoms with Crippen molar-refractivity contribution in [2.24, 2.45) is 0 Å². The fraction of sp³-hybridized carbons (Fsp3) is 0.600. The van der Waals surface area contributed by atoms with Gasteiger partial charge in [-0.15, -0.1) is 0 Å². The van der Waals surface area contributed by atoms with E-state index in [4.69, 9.17) is 0 Å². The molecule has 0 spiro atoms. The van der Waals surface area contributed by atoms with E-state index in [-0.39, 0.29) is 6.04 Å². The smallest absolute Gasteiger partial charge is 0.368 e. The minimum Gasteiger partial charge on any atom is -0.368 e. The van der Waals surface area contributed by atoms with E-state index < -0.39 is 11.7 Å². The number of hydrogen-bond acceptors (Lipinski definition) is 2. The van der Waals surface area contributed by atoms with E-state index in [1.165, 1.54) is 6.07 Å². The molecule has 0 aromatic heterocycles. The molecule has 0 aliphatic carbocycles. The minimum atomic E-state index is -4.32. The average Bonchev–Trinajstić information content (AvgIpc) is 2.45. The van der Waals surface area contributed by atoms with Gasteiger partial charge >= 0.3 is 6.18 Å². The number of anilines is 1. The maximum Gasteiger partial charge on any atom is 0.418 e. The van der Waals surface area contributed by atoms with Crippen molar-refractivity contribution in [3.63, 3.8) is 0 Å². The topological polar surface area (TPSA) is 6.48 Å². The van der Waals surface area contributed by atoms with Gasteiger partial charge in [0, 0.05) is 36.7 Å². The number of halogens is 4. The fourth-order valence-electron chi connectivity index (χ4n) is 2.85. The van der Waals surface area contributed by atoms with Crippen LogP contribution in [-0.2, 0) is 11.5 Å². The van der Waals surface area contributed by atoms with Crippen molar-refractivity contribution in [1.29, 1.82) is 0 Å². The molecule has 1 saturated heterocycles. The molecule has 1 unspecified atom stereocenters. The highest BCUT2D eigenvalue weighted by Crippen LogP contribution is 2.38. The molecule has 0 amide bonds. The van der Waals surface area contributed by atoms with Crippen molar-refractivity contribution in [2.45, 2.75) is 31.4 Å². The molecular formula is C15H20BrF3N2. The first kappa shape index (κ1) is 16.6. The zero-order chi connectivity index (χ0) is 15.6. The maximum atomic E-state index is 13.3. The molecule has 2 nitrogen and oxygen atoms in total. The van der Waals surface area contributed by atoms with Crippen LogP contribution in [0.5, 0.6) is 0 Å². The lowest BCUT2D eigenvalue weighted by Crippen LogP contribution is -2.52. The first-order valence-electron chi connectivity index (χ1n) is 7.12. The summed E-state index contributed by atoms with van der Waals surface area (Å²) in [7, 11) is 0. The van der Waals surface area contributed by atoms with E-state index >= 15 is 0 Å². The quantitative estimate of drug-likeness (QED) is 0.744. The number of piperazine rings is 1. The molecule has 1 aromatic carbocycles. The van der Waals surface area contributed by atoms with Gasteiger partial charge in [-0.3, -0.25) is 4.90 Å². The molecule has 1 heterocycles. The van der Waals surface area contributed by atoms with E-state index in [2.05, 4.69) is 34.7 Å². The van der Waals surface area contributed by atoms with E-state index in [0.29, 0.717) is 29.7 Å². The van der Waals surface area contributed by atoms with Gasteiger partial charge in [0.25, 0.3) is 0 Å². The summed E-state index contributed by atoms with van der Waals surface area (Å²) in [5.41, 5.74) is 0.415. The summed E-state index contributed by atoms with van der Waals surface area (Å²) in [6, 6.07) is 4.88. The highest BCUT2D eigenvalue weighted by atomic mass is 79.9. The van der Waals surface area contributed by atoms with Crippen LogP contribution in [0.2, 0.25) is 0 Å². The molecule has 118 valence electrons. The Morgan fingerprint density at radius 3 is 2.52 bits per heavy atom. The van der Waals surface area contributed by atoms with Gasteiger partial charge in [0.15, 0.2) is 0 Å². The van der Waals surface area contributed by atoms with Gasteiger partial charge in [0.2, 0.25) is 0 Å². The van der Waals surface area contributed by atoms with E-state index in [0.717, 1.165) is 13.1 Å². The Hall–Kier alpha value is -0.750. The van der Waals surface area contributed by atoms with Crippen molar-refractivity contribution >= 4 is 21.6 Å². The summed E-state index contributed by atoms with van der Waals surface area (Å²) < 4.78 is 39.9. The third-order valence-electron chi connectivity index (χ3n) is 4.03. The number of nitrogens with zero attached hydrogens (tertiary/aromatic N) is 2. The summed E-state index contributed by atoms with van der Waals surface area (Å²) in [6.45, 7) is 7.15. The molecule has 0 saturated carbocycles. The molecule has 1 aromatic rings. The van der Waals surface area contributed by atoms with Crippen molar-refractivity contribution in [1.82, 2.24) is 4.90 Å². The van der Waals surface area contributed by atoms with Crippen molar-refractivity contribution < 1.29 is 13.2 Å². The summed E-state index contributed by atoms with van der Waals surface area (Å²) in [5, 5.41) is 0.427. The van der Waals surface area contributed by atoms with Crippen LogP contribution in [0.3, 0.4) is 0 Å². The Morgan fingerprint density at radius 2 is 2.00 bits per heavy atom. The SMILES string of the molecule is CCN1CCN(c2ccc(CBr)cc2C(F)(F)F)CC1C. The Kier molecular flexibility index (Phi) is 5.20. The standard InChI is InChI=1S/C15H20BrF3N2/c1-3-20-6-7-21(10-11(20)2)14-5-4-12(9-16)8-13(14)15(17,18)19/h4-5,8,11H,3,6-7,9-10H2,1-2H3. The second kappa shape index (κ2) is 6.57. The van der Waals surface area contributed by atoms with Crippen LogP contribution in [-0.4, -0.2) is 37.1 Å². The van der Waals surface area contributed by atoms with E-state index in [1.54, 1.807) is 12.1 Å². The van der Waals surface area contributed by atoms with Crippen LogP contribution in [0.1, 0.15) is 25.0 Å². The number of benzene rings is 1. The Bertz CT molecular complexity index is 490. The molecule has 2 rings (SSSR count). The van der Waals surface area contributed by atoms with Crippen LogP contribution < -0.4 is 4.90 Å². The number of likely N-dealkylation sites (N-methyl/N-ethyl adjacent to an activating group) is 1. The maximum absolute atomic E-state index is 13.3. The zero-order valence-electron chi connectivity index (χ0n) is 12.3.